The minimum Gasteiger partial charge on any atom is -0.340 e. The van der Waals surface area contributed by atoms with Crippen LogP contribution in [-0.2, 0) is 33.0 Å². The molecule has 34 heavy (non-hydrogen) atoms. The van der Waals surface area contributed by atoms with E-state index < -0.39 is 0 Å². The maximum Gasteiger partial charge on any atom is 0.0853 e. The van der Waals surface area contributed by atoms with Crippen LogP contribution in [0, 0.1) is 6.92 Å². The fourth-order valence-corrected chi connectivity index (χ4v) is 6.80. The first kappa shape index (κ1) is 25.5. The van der Waals surface area contributed by atoms with Crippen LogP contribution in [0.2, 0.25) is 0 Å². The molecule has 4 rings (SSSR count). The molecule has 0 aliphatic carbocycles. The van der Waals surface area contributed by atoms with E-state index in [1.54, 1.807) is 0 Å². The Morgan fingerprint density at radius 2 is 2.06 bits per heavy atom. The topological polar surface area (TPSA) is 34.8 Å². The molecular weight excluding hydrogens is 504 g/mol. The van der Waals surface area contributed by atoms with Crippen molar-refractivity contribution in [3.8, 4) is 11.1 Å². The highest BCUT2D eigenvalue weighted by Gasteiger charge is 2.27. The zero-order valence-electron chi connectivity index (χ0n) is 21.3. The number of nitrogens with one attached hydrogen (secondary N) is 1. The van der Waals surface area contributed by atoms with Gasteiger partial charge in [0.1, 0.15) is 0 Å². The molecule has 1 aliphatic rings. The number of hydrogen-bond donors (Lipinski definition) is 1. The Morgan fingerprint density at radius 1 is 1.26 bits per heavy atom. The number of fused-ring (bicyclic) bond motifs is 2. The van der Waals surface area contributed by atoms with Crippen molar-refractivity contribution < 1.29 is 0 Å². The van der Waals surface area contributed by atoms with E-state index in [1.807, 2.05) is 0 Å². The molecule has 1 aromatic carbocycles. The number of alkyl halides is 1. The SMILES string of the molecule is C=C(CCC)c1c(CCCBr)c2ccc(C)c3c2n1CCCS(=C)NCc1nn(C)c(CC)c1-3. The van der Waals surface area contributed by atoms with Gasteiger partial charge in [-0.1, -0.05) is 60.8 Å². The molecule has 3 aromatic rings. The van der Waals surface area contributed by atoms with E-state index in [1.165, 1.54) is 50.1 Å². The molecule has 0 saturated heterocycles. The second kappa shape index (κ2) is 11.0. The third-order valence-corrected chi connectivity index (χ3v) is 8.92. The van der Waals surface area contributed by atoms with Gasteiger partial charge >= 0.3 is 0 Å². The third-order valence-electron chi connectivity index (χ3n) is 7.02. The summed E-state index contributed by atoms with van der Waals surface area (Å²) in [6, 6.07) is 4.68. The van der Waals surface area contributed by atoms with Crippen molar-refractivity contribution in [2.75, 3.05) is 11.1 Å². The second-order valence-corrected chi connectivity index (χ2v) is 11.9. The predicted molar refractivity (Wildman–Crippen MR) is 155 cm³/mol. The van der Waals surface area contributed by atoms with Crippen LogP contribution in [0.15, 0.2) is 18.7 Å². The summed E-state index contributed by atoms with van der Waals surface area (Å²) >= 11 is 3.68. The Balaban J connectivity index is 2.14. The van der Waals surface area contributed by atoms with Gasteiger partial charge in [0.2, 0.25) is 0 Å². The molecule has 4 nitrogen and oxygen atoms in total. The van der Waals surface area contributed by atoms with E-state index in [-0.39, 0.29) is 10.7 Å². The lowest BCUT2D eigenvalue weighted by Gasteiger charge is -2.17. The van der Waals surface area contributed by atoms with Crippen LogP contribution in [0.3, 0.4) is 0 Å². The van der Waals surface area contributed by atoms with Crippen molar-refractivity contribution in [1.82, 2.24) is 19.1 Å². The van der Waals surface area contributed by atoms with E-state index in [9.17, 15) is 0 Å². The lowest BCUT2D eigenvalue weighted by atomic mass is 9.93. The molecule has 0 amide bonds. The van der Waals surface area contributed by atoms with E-state index in [0.29, 0.717) is 0 Å². The number of hydrogen-bond acceptors (Lipinski definition) is 2. The molecule has 2 aromatic heterocycles. The van der Waals surface area contributed by atoms with Crippen LogP contribution >= 0.6 is 26.6 Å². The molecule has 0 radical (unpaired) electrons. The lowest BCUT2D eigenvalue weighted by molar-refractivity contribution is 0.690. The summed E-state index contributed by atoms with van der Waals surface area (Å²) in [5.74, 6) is 5.49. The molecule has 1 unspecified atom stereocenters. The van der Waals surface area contributed by atoms with Gasteiger partial charge in [0.05, 0.1) is 17.8 Å². The lowest BCUT2D eigenvalue weighted by Crippen LogP contribution is -2.10. The fourth-order valence-electron chi connectivity index (χ4n) is 5.56. The zero-order chi connectivity index (χ0) is 24.4. The minimum absolute atomic E-state index is 0.0819. The number of aromatic nitrogens is 3. The van der Waals surface area contributed by atoms with E-state index in [4.69, 9.17) is 5.10 Å². The molecule has 0 spiro atoms. The number of rotatable bonds is 7. The van der Waals surface area contributed by atoms with E-state index in [2.05, 4.69) is 82.3 Å². The first-order valence-corrected chi connectivity index (χ1v) is 15.3. The number of benzene rings is 1. The summed E-state index contributed by atoms with van der Waals surface area (Å²) < 4.78 is 8.39. The van der Waals surface area contributed by atoms with Crippen molar-refractivity contribution in [3.63, 3.8) is 0 Å². The molecule has 1 atom stereocenters. The van der Waals surface area contributed by atoms with Gasteiger partial charge in [-0.25, -0.2) is 0 Å². The molecule has 0 fully saturated rings. The molecule has 0 saturated carbocycles. The summed E-state index contributed by atoms with van der Waals surface area (Å²) in [7, 11) is 2.01. The van der Waals surface area contributed by atoms with Gasteiger partial charge in [0.15, 0.2) is 0 Å². The van der Waals surface area contributed by atoms with Gasteiger partial charge in [-0.15, -0.1) is 10.7 Å². The van der Waals surface area contributed by atoms with Gasteiger partial charge in [0, 0.05) is 52.6 Å². The van der Waals surface area contributed by atoms with Gasteiger partial charge in [-0.2, -0.15) is 5.10 Å². The Hall–Kier alpha value is -1.63. The molecule has 6 heteroatoms. The van der Waals surface area contributed by atoms with Crippen LogP contribution < -0.4 is 4.72 Å². The minimum atomic E-state index is -0.0819. The highest BCUT2D eigenvalue weighted by molar-refractivity contribution is 9.09. The van der Waals surface area contributed by atoms with Crippen molar-refractivity contribution in [2.24, 2.45) is 7.05 Å². The monoisotopic (exact) mass is 542 g/mol. The molecule has 3 heterocycles. The quantitative estimate of drug-likeness (QED) is 0.253. The van der Waals surface area contributed by atoms with Crippen molar-refractivity contribution >= 4 is 48.9 Å². The Bertz CT molecular complexity index is 1230. The molecule has 184 valence electrons. The normalized spacial score (nSPS) is 16.4. The fraction of sp³-hybridized carbons (Fsp3) is 0.500. The van der Waals surface area contributed by atoms with Crippen LogP contribution in [0.4, 0.5) is 0 Å². The van der Waals surface area contributed by atoms with E-state index >= 15 is 0 Å². The summed E-state index contributed by atoms with van der Waals surface area (Å²) in [4.78, 5) is 0. The summed E-state index contributed by atoms with van der Waals surface area (Å²) in [6.45, 7) is 13.1. The van der Waals surface area contributed by atoms with Crippen molar-refractivity contribution in [2.45, 2.75) is 72.4 Å². The number of nitrogens with zero attached hydrogens (tertiary/aromatic N) is 3. The summed E-state index contributed by atoms with van der Waals surface area (Å²) in [5.41, 5.74) is 12.0. The van der Waals surface area contributed by atoms with Gasteiger partial charge in [0.25, 0.3) is 0 Å². The average molecular weight is 544 g/mol. The smallest absolute Gasteiger partial charge is 0.0853 e. The third kappa shape index (κ3) is 4.61. The summed E-state index contributed by atoms with van der Waals surface area (Å²) in [6.07, 6.45) is 6.40. The first-order valence-electron chi connectivity index (χ1n) is 12.6. The number of allylic oxidation sites excluding steroid dienone is 1. The Kier molecular flexibility index (Phi) is 8.21. The van der Waals surface area contributed by atoms with Gasteiger partial charge in [-0.3, -0.25) is 9.40 Å². The van der Waals surface area contributed by atoms with Gasteiger partial charge < -0.3 is 4.57 Å². The van der Waals surface area contributed by atoms with Crippen LogP contribution in [0.5, 0.6) is 0 Å². The number of aryl methyl sites for hydroxylation is 4. The predicted octanol–water partition coefficient (Wildman–Crippen LogP) is 7.16. The molecule has 0 bridgehead atoms. The van der Waals surface area contributed by atoms with Crippen LogP contribution in [0.25, 0.3) is 27.6 Å². The first-order chi connectivity index (χ1) is 16.4. The zero-order valence-corrected chi connectivity index (χ0v) is 23.7. The molecule has 1 N–H and O–H groups in total. The largest absolute Gasteiger partial charge is 0.340 e. The summed E-state index contributed by atoms with van der Waals surface area (Å²) in [5, 5.41) is 7.41. The second-order valence-electron chi connectivity index (χ2n) is 9.40. The van der Waals surface area contributed by atoms with E-state index in [0.717, 1.165) is 68.4 Å². The number of halogens is 1. The molecule has 1 aliphatic heterocycles. The maximum atomic E-state index is 5.00. The van der Waals surface area contributed by atoms with Crippen molar-refractivity contribution in [1.29, 1.82) is 0 Å². The Morgan fingerprint density at radius 3 is 2.76 bits per heavy atom. The average Bonchev–Trinajstić information content (AvgIpc) is 3.29. The van der Waals surface area contributed by atoms with Crippen LogP contribution in [0.1, 0.15) is 67.7 Å². The standard InChI is InChI=1S/C28H39BrN4S/c1-7-11-20(4)27-21(12-9-15-29)22-14-13-19(3)25-26-23(31-32(5)24(26)8-2)18-30-34(6)17-10-16-33(27)28(22)25/h13-14,30H,4,6-12,15-18H2,1-3,5H3. The maximum absolute atomic E-state index is 5.00. The van der Waals surface area contributed by atoms with Crippen LogP contribution in [-0.4, -0.2) is 31.3 Å². The van der Waals surface area contributed by atoms with Gasteiger partial charge in [-0.05, 0) is 55.7 Å². The Labute approximate surface area is 216 Å². The highest BCUT2D eigenvalue weighted by atomic mass is 79.9. The van der Waals surface area contributed by atoms with Crippen molar-refractivity contribution in [3.05, 3.63) is 46.9 Å². The molecular formula is C28H39BrN4S. The highest BCUT2D eigenvalue weighted by Crippen LogP contribution is 2.42.